The monoisotopic (exact) mass is 732 g/mol. The van der Waals surface area contributed by atoms with Gasteiger partial charge in [-0.3, -0.25) is 9.59 Å². The van der Waals surface area contributed by atoms with Crippen LogP contribution in [0.3, 0.4) is 0 Å². The molecule has 0 atom stereocenters. The number of nitrogens with zero attached hydrogens (tertiary/aromatic N) is 2. The first kappa shape index (κ1) is 50.3. The molecular formula is C39H87N4O4Si2+. The Balaban J connectivity index is 0. The molecule has 0 aliphatic heterocycles. The molecule has 10 heteroatoms. The molecule has 0 aliphatic carbocycles. The summed E-state index contributed by atoms with van der Waals surface area (Å²) in [6.45, 7) is 12.9. The second-order valence-electron chi connectivity index (χ2n) is 16.8. The number of quaternary nitrogens is 1. The zero-order valence-electron chi connectivity index (χ0n) is 34.9. The van der Waals surface area contributed by atoms with Gasteiger partial charge in [0.1, 0.15) is 0 Å². The third-order valence-corrected chi connectivity index (χ3v) is 14.7. The van der Waals surface area contributed by atoms with Crippen molar-refractivity contribution < 1.29 is 22.9 Å². The first-order valence-electron chi connectivity index (χ1n) is 20.1. The number of carbonyl (C=O) groups is 2. The van der Waals surface area contributed by atoms with Gasteiger partial charge in [0, 0.05) is 46.6 Å². The number of amides is 2. The standard InChI is InChI=1S/C20H44N2O2Si.C19H42N2O2Si/c1-22(2,3)18-15-17-21-20(23)16-13-11-9-7-8-10-12-14-19-25(5,6)24-4;1-21(2)17-14-16-20-19(22)15-12-10-8-6-7-9-11-13-18-24(4,5)23-3/h7-19H2,1-6H3;6-18H2,1-5H3,(H,20,22)/p+1. The van der Waals surface area contributed by atoms with Crippen LogP contribution in [0.4, 0.5) is 0 Å². The minimum Gasteiger partial charge on any atom is -0.420 e. The van der Waals surface area contributed by atoms with Gasteiger partial charge in [0.25, 0.3) is 0 Å². The van der Waals surface area contributed by atoms with Crippen molar-refractivity contribution in [2.24, 2.45) is 0 Å². The minimum absolute atomic E-state index is 0.221. The van der Waals surface area contributed by atoms with E-state index in [0.717, 1.165) is 56.3 Å². The maximum Gasteiger partial charge on any atom is 0.219 e. The Hall–Kier alpha value is -0.786. The molecule has 0 aromatic heterocycles. The number of nitrogens with one attached hydrogen (secondary N) is 2. The molecule has 0 saturated heterocycles. The summed E-state index contributed by atoms with van der Waals surface area (Å²) < 4.78 is 12.1. The van der Waals surface area contributed by atoms with Crippen molar-refractivity contribution in [3.63, 3.8) is 0 Å². The fourth-order valence-electron chi connectivity index (χ4n) is 5.58. The van der Waals surface area contributed by atoms with E-state index < -0.39 is 16.6 Å². The summed E-state index contributed by atoms with van der Waals surface area (Å²) >= 11 is 0. The highest BCUT2D eigenvalue weighted by molar-refractivity contribution is 6.71. The van der Waals surface area contributed by atoms with Gasteiger partial charge in [-0.25, -0.2) is 0 Å². The third-order valence-electron chi connectivity index (χ3n) is 9.40. The molecule has 0 unspecified atom stereocenters. The van der Waals surface area contributed by atoms with E-state index in [4.69, 9.17) is 8.85 Å². The Morgan fingerprint density at radius 3 is 1.18 bits per heavy atom. The van der Waals surface area contributed by atoms with E-state index in [1.807, 2.05) is 14.2 Å². The van der Waals surface area contributed by atoms with Crippen LogP contribution in [0, 0.1) is 0 Å². The highest BCUT2D eigenvalue weighted by atomic mass is 28.4. The zero-order valence-corrected chi connectivity index (χ0v) is 36.9. The Morgan fingerprint density at radius 1 is 0.531 bits per heavy atom. The average molecular weight is 732 g/mol. The molecule has 0 rings (SSSR count). The molecule has 0 spiro atoms. The van der Waals surface area contributed by atoms with Crippen LogP contribution in [0.1, 0.15) is 128 Å². The Labute approximate surface area is 308 Å². The summed E-state index contributed by atoms with van der Waals surface area (Å²) in [6.07, 6.45) is 23.8. The number of carbonyl (C=O) groups excluding carboxylic acids is 2. The molecule has 0 fully saturated rings. The van der Waals surface area contributed by atoms with Crippen LogP contribution in [0.15, 0.2) is 0 Å². The predicted octanol–water partition coefficient (Wildman–Crippen LogP) is 8.98. The van der Waals surface area contributed by atoms with E-state index in [0.29, 0.717) is 12.8 Å². The lowest BCUT2D eigenvalue weighted by molar-refractivity contribution is -0.870. The van der Waals surface area contributed by atoms with Crippen molar-refractivity contribution in [2.45, 2.75) is 167 Å². The van der Waals surface area contributed by atoms with E-state index in [1.54, 1.807) is 0 Å². The minimum atomic E-state index is -1.33. The van der Waals surface area contributed by atoms with Crippen LogP contribution in [0.2, 0.25) is 38.3 Å². The van der Waals surface area contributed by atoms with E-state index in [-0.39, 0.29) is 11.8 Å². The van der Waals surface area contributed by atoms with Crippen molar-refractivity contribution in [3.05, 3.63) is 0 Å². The molecular weight excluding hydrogens is 645 g/mol. The van der Waals surface area contributed by atoms with Crippen molar-refractivity contribution in [1.82, 2.24) is 15.5 Å². The van der Waals surface area contributed by atoms with E-state index >= 15 is 0 Å². The first-order valence-corrected chi connectivity index (χ1v) is 26.4. The van der Waals surface area contributed by atoms with Gasteiger partial charge in [0.2, 0.25) is 11.8 Å². The molecule has 49 heavy (non-hydrogen) atoms. The summed E-state index contributed by atoms with van der Waals surface area (Å²) in [4.78, 5) is 25.6. The third kappa shape index (κ3) is 41.5. The van der Waals surface area contributed by atoms with Crippen molar-refractivity contribution >= 4 is 28.4 Å². The second kappa shape index (κ2) is 31.9. The van der Waals surface area contributed by atoms with Crippen LogP contribution < -0.4 is 10.6 Å². The molecule has 2 amide bonds. The SMILES string of the molecule is CO[Si](C)(C)CCCCCCCCCCC(=O)NCCCN(C)C.CO[Si](C)(C)CCCCCCCCCCC(=O)NCCC[N+](C)(C)C. The van der Waals surface area contributed by atoms with Gasteiger partial charge in [0.05, 0.1) is 27.7 Å². The van der Waals surface area contributed by atoms with Crippen LogP contribution in [-0.2, 0) is 18.4 Å². The molecule has 0 aromatic rings. The largest absolute Gasteiger partial charge is 0.420 e. The number of unbranched alkanes of at least 4 members (excludes halogenated alkanes) is 14. The summed E-state index contributed by atoms with van der Waals surface area (Å²) in [5, 5.41) is 6.05. The molecule has 2 N–H and O–H groups in total. The van der Waals surface area contributed by atoms with Gasteiger partial charge in [-0.1, -0.05) is 89.9 Å². The van der Waals surface area contributed by atoms with Gasteiger partial charge in [0.15, 0.2) is 16.6 Å². The highest BCUT2D eigenvalue weighted by Crippen LogP contribution is 2.18. The lowest BCUT2D eigenvalue weighted by Gasteiger charge is -2.23. The van der Waals surface area contributed by atoms with Crippen molar-refractivity contribution in [3.8, 4) is 0 Å². The molecule has 0 radical (unpaired) electrons. The topological polar surface area (TPSA) is 79.9 Å². The van der Waals surface area contributed by atoms with Gasteiger partial charge >= 0.3 is 0 Å². The van der Waals surface area contributed by atoms with Crippen LogP contribution in [0.25, 0.3) is 0 Å². The fraction of sp³-hybridized carbons (Fsp3) is 0.949. The summed E-state index contributed by atoms with van der Waals surface area (Å²) in [7, 11) is 11.7. The smallest absolute Gasteiger partial charge is 0.219 e. The predicted molar refractivity (Wildman–Crippen MR) is 218 cm³/mol. The van der Waals surface area contributed by atoms with Gasteiger partial charge < -0.3 is 28.9 Å². The van der Waals surface area contributed by atoms with Gasteiger partial charge in [-0.05, 0) is 78.2 Å². The molecule has 0 saturated carbocycles. The summed E-state index contributed by atoms with van der Waals surface area (Å²) in [6, 6.07) is 2.57. The summed E-state index contributed by atoms with van der Waals surface area (Å²) in [5.74, 6) is 0.449. The van der Waals surface area contributed by atoms with E-state index in [9.17, 15) is 9.59 Å². The molecule has 0 aliphatic rings. The second-order valence-corrected chi connectivity index (χ2v) is 25.7. The van der Waals surface area contributed by atoms with E-state index in [1.165, 1.54) is 102 Å². The number of rotatable bonds is 32. The van der Waals surface area contributed by atoms with Gasteiger partial charge in [-0.15, -0.1) is 0 Å². The quantitative estimate of drug-likeness (QED) is 0.0410. The first-order chi connectivity index (χ1) is 23.0. The lowest BCUT2D eigenvalue weighted by Crippen LogP contribution is -2.37. The van der Waals surface area contributed by atoms with E-state index in [2.05, 4.69) is 77.0 Å². The van der Waals surface area contributed by atoms with Crippen molar-refractivity contribution in [1.29, 1.82) is 0 Å². The van der Waals surface area contributed by atoms with Crippen LogP contribution in [-0.4, -0.2) is 113 Å². The average Bonchev–Trinajstić information content (AvgIpc) is 3.03. The normalized spacial score (nSPS) is 12.2. The molecule has 0 aromatic carbocycles. The van der Waals surface area contributed by atoms with Crippen molar-refractivity contribution in [2.75, 3.05) is 75.6 Å². The molecule has 0 heterocycles. The Kier molecular flexibility index (Phi) is 32.8. The molecule has 8 nitrogen and oxygen atoms in total. The Bertz CT molecular complexity index is 777. The maximum atomic E-state index is 11.8. The molecule has 294 valence electrons. The zero-order chi connectivity index (χ0) is 37.4. The maximum absolute atomic E-state index is 11.8. The molecule has 0 bridgehead atoms. The number of hydrogen-bond acceptors (Lipinski definition) is 5. The van der Waals surface area contributed by atoms with Crippen LogP contribution in [0.5, 0.6) is 0 Å². The van der Waals surface area contributed by atoms with Crippen LogP contribution >= 0.6 is 0 Å². The van der Waals surface area contributed by atoms with Gasteiger partial charge in [-0.2, -0.15) is 0 Å². The highest BCUT2D eigenvalue weighted by Gasteiger charge is 2.20. The fourth-order valence-corrected chi connectivity index (χ4v) is 8.19. The summed E-state index contributed by atoms with van der Waals surface area (Å²) in [5.41, 5.74) is 0. The Morgan fingerprint density at radius 2 is 0.857 bits per heavy atom. The number of hydrogen-bond donors (Lipinski definition) is 2. The lowest BCUT2D eigenvalue weighted by atomic mass is 10.1.